The predicted molar refractivity (Wildman–Crippen MR) is 69.5 cm³/mol. The number of carbonyl (C=O) groups excluding carboxylic acids is 1. The summed E-state index contributed by atoms with van der Waals surface area (Å²) in [6.07, 6.45) is 3.27. The summed E-state index contributed by atoms with van der Waals surface area (Å²) in [4.78, 5) is 22.9. The fourth-order valence-electron chi connectivity index (χ4n) is 1.60. The molecule has 0 aliphatic rings. The van der Waals surface area contributed by atoms with E-state index in [0.717, 1.165) is 5.56 Å². The highest BCUT2D eigenvalue weighted by atomic mass is 16.4. The van der Waals surface area contributed by atoms with Gasteiger partial charge in [-0.3, -0.25) is 5.10 Å². The van der Waals surface area contributed by atoms with Crippen LogP contribution in [0.2, 0.25) is 0 Å². The fourth-order valence-corrected chi connectivity index (χ4v) is 1.60. The Morgan fingerprint density at radius 1 is 1.37 bits per heavy atom. The summed E-state index contributed by atoms with van der Waals surface area (Å²) in [7, 11) is 0. The number of aromatic amines is 1. The number of H-pyrrole nitrogens is 1. The van der Waals surface area contributed by atoms with Gasteiger partial charge in [0.25, 0.3) is 0 Å². The molecule has 106 valence electrons. The third-order valence-corrected chi connectivity index (χ3v) is 2.76. The molecule has 0 radical (unpaired) electrons. The Hall–Kier alpha value is -2.05. The Labute approximate surface area is 111 Å². The molecule has 0 saturated heterocycles. The molecule has 1 heterocycles. The summed E-state index contributed by atoms with van der Waals surface area (Å²) >= 11 is 0. The van der Waals surface area contributed by atoms with Crippen LogP contribution in [0.4, 0.5) is 4.79 Å². The first-order chi connectivity index (χ1) is 8.71. The number of aliphatic carboxylic acids is 1. The molecule has 19 heavy (non-hydrogen) atoms. The van der Waals surface area contributed by atoms with Gasteiger partial charge < -0.3 is 15.7 Å². The number of carbonyl (C=O) groups is 2. The van der Waals surface area contributed by atoms with Crippen LogP contribution in [-0.2, 0) is 4.79 Å². The van der Waals surface area contributed by atoms with E-state index in [1.54, 1.807) is 40.1 Å². The van der Waals surface area contributed by atoms with Crippen molar-refractivity contribution in [3.05, 3.63) is 18.0 Å². The SMILES string of the molecule is CC(NC(=O)N[C@@H](C(=O)O)C(C)(C)C)c1cn[nH]c1. The van der Waals surface area contributed by atoms with Crippen LogP contribution in [0, 0.1) is 5.41 Å². The van der Waals surface area contributed by atoms with E-state index in [1.165, 1.54) is 0 Å². The number of carboxylic acids is 1. The molecule has 4 N–H and O–H groups in total. The van der Waals surface area contributed by atoms with E-state index in [0.29, 0.717) is 0 Å². The number of carboxylic acid groups (broad SMARTS) is 1. The topological polar surface area (TPSA) is 107 Å². The molecule has 2 amide bonds. The number of nitrogens with zero attached hydrogens (tertiary/aromatic N) is 1. The third-order valence-electron chi connectivity index (χ3n) is 2.76. The molecule has 0 fully saturated rings. The number of urea groups is 1. The third kappa shape index (κ3) is 4.27. The quantitative estimate of drug-likeness (QED) is 0.659. The summed E-state index contributed by atoms with van der Waals surface area (Å²) in [6.45, 7) is 7.06. The van der Waals surface area contributed by atoms with Gasteiger partial charge in [0, 0.05) is 11.8 Å². The molecule has 1 aromatic heterocycles. The average molecular weight is 268 g/mol. The fraction of sp³-hybridized carbons (Fsp3) is 0.583. The molecule has 0 aliphatic carbocycles. The molecule has 0 aliphatic heterocycles. The van der Waals surface area contributed by atoms with Crippen LogP contribution in [0.3, 0.4) is 0 Å². The molecule has 0 aromatic carbocycles. The first-order valence-corrected chi connectivity index (χ1v) is 6.00. The van der Waals surface area contributed by atoms with Crippen molar-refractivity contribution >= 4 is 12.0 Å². The van der Waals surface area contributed by atoms with E-state index in [9.17, 15) is 9.59 Å². The minimum absolute atomic E-state index is 0.256. The number of hydrogen-bond donors (Lipinski definition) is 4. The van der Waals surface area contributed by atoms with Gasteiger partial charge in [-0.25, -0.2) is 9.59 Å². The maximum Gasteiger partial charge on any atom is 0.326 e. The van der Waals surface area contributed by atoms with Gasteiger partial charge in [-0.05, 0) is 12.3 Å². The number of hydrogen-bond acceptors (Lipinski definition) is 3. The Bertz CT molecular complexity index is 436. The zero-order valence-corrected chi connectivity index (χ0v) is 11.5. The lowest BCUT2D eigenvalue weighted by Crippen LogP contribution is -2.52. The summed E-state index contributed by atoms with van der Waals surface area (Å²) in [5, 5.41) is 20.7. The van der Waals surface area contributed by atoms with Crippen LogP contribution in [-0.4, -0.2) is 33.3 Å². The van der Waals surface area contributed by atoms with Crippen molar-refractivity contribution in [2.24, 2.45) is 5.41 Å². The van der Waals surface area contributed by atoms with Gasteiger partial charge >= 0.3 is 12.0 Å². The van der Waals surface area contributed by atoms with Crippen molar-refractivity contribution in [1.29, 1.82) is 0 Å². The number of aromatic nitrogens is 2. The second kappa shape index (κ2) is 5.73. The number of rotatable bonds is 4. The minimum Gasteiger partial charge on any atom is -0.480 e. The molecule has 0 saturated carbocycles. The Balaban J connectivity index is 2.61. The van der Waals surface area contributed by atoms with Crippen LogP contribution < -0.4 is 10.6 Å². The highest BCUT2D eigenvalue weighted by Gasteiger charge is 2.32. The largest absolute Gasteiger partial charge is 0.480 e. The maximum atomic E-state index is 11.8. The average Bonchev–Trinajstić information content (AvgIpc) is 2.77. The molecule has 1 aromatic rings. The van der Waals surface area contributed by atoms with Crippen molar-refractivity contribution in [3.63, 3.8) is 0 Å². The first kappa shape index (κ1) is 15.0. The van der Waals surface area contributed by atoms with E-state index in [2.05, 4.69) is 20.8 Å². The molecule has 1 rings (SSSR count). The molecular weight excluding hydrogens is 248 g/mol. The van der Waals surface area contributed by atoms with Crippen LogP contribution >= 0.6 is 0 Å². The number of nitrogens with one attached hydrogen (secondary N) is 3. The van der Waals surface area contributed by atoms with E-state index < -0.39 is 23.5 Å². The van der Waals surface area contributed by atoms with Crippen LogP contribution in [0.25, 0.3) is 0 Å². The Morgan fingerprint density at radius 2 is 2.00 bits per heavy atom. The summed E-state index contributed by atoms with van der Waals surface area (Å²) < 4.78 is 0. The highest BCUT2D eigenvalue weighted by molar-refractivity contribution is 5.83. The van der Waals surface area contributed by atoms with E-state index >= 15 is 0 Å². The van der Waals surface area contributed by atoms with Gasteiger partial charge in [0.2, 0.25) is 0 Å². The monoisotopic (exact) mass is 268 g/mol. The minimum atomic E-state index is -1.06. The van der Waals surface area contributed by atoms with Crippen LogP contribution in [0.5, 0.6) is 0 Å². The van der Waals surface area contributed by atoms with Crippen molar-refractivity contribution in [2.45, 2.75) is 39.8 Å². The van der Waals surface area contributed by atoms with Gasteiger partial charge in [0.05, 0.1) is 12.2 Å². The van der Waals surface area contributed by atoms with E-state index in [1.807, 2.05) is 0 Å². The lowest BCUT2D eigenvalue weighted by Gasteiger charge is -2.28. The van der Waals surface area contributed by atoms with Gasteiger partial charge in [-0.2, -0.15) is 5.10 Å². The number of amides is 2. The van der Waals surface area contributed by atoms with Gasteiger partial charge in [0.15, 0.2) is 0 Å². The van der Waals surface area contributed by atoms with Gasteiger partial charge in [0.1, 0.15) is 6.04 Å². The zero-order valence-electron chi connectivity index (χ0n) is 11.5. The summed E-state index contributed by atoms with van der Waals surface area (Å²) in [5.41, 5.74) is 0.250. The van der Waals surface area contributed by atoms with E-state index in [-0.39, 0.29) is 6.04 Å². The second-order valence-electron chi connectivity index (χ2n) is 5.51. The lowest BCUT2D eigenvalue weighted by atomic mass is 9.87. The standard InChI is InChI=1S/C12H20N4O3/c1-7(8-5-13-14-6-8)15-11(19)16-9(10(17)18)12(2,3)4/h5-7,9H,1-4H3,(H,13,14)(H,17,18)(H2,15,16,19)/t7?,9-/m0/s1. The molecule has 7 nitrogen and oxygen atoms in total. The molecule has 0 spiro atoms. The van der Waals surface area contributed by atoms with Crippen LogP contribution in [0.1, 0.15) is 39.3 Å². The molecule has 2 atom stereocenters. The first-order valence-electron chi connectivity index (χ1n) is 6.00. The molecule has 0 bridgehead atoms. The maximum absolute atomic E-state index is 11.8. The normalized spacial score (nSPS) is 14.5. The Kier molecular flexibility index (Phi) is 4.52. The molecule has 7 heteroatoms. The van der Waals surface area contributed by atoms with E-state index in [4.69, 9.17) is 5.11 Å². The molecule has 1 unspecified atom stereocenters. The highest BCUT2D eigenvalue weighted by Crippen LogP contribution is 2.19. The zero-order chi connectivity index (χ0) is 14.6. The summed E-state index contributed by atoms with van der Waals surface area (Å²) in [6, 6.07) is -1.73. The van der Waals surface area contributed by atoms with Crippen molar-refractivity contribution in [2.75, 3.05) is 0 Å². The van der Waals surface area contributed by atoms with Crippen molar-refractivity contribution in [1.82, 2.24) is 20.8 Å². The van der Waals surface area contributed by atoms with Crippen molar-refractivity contribution < 1.29 is 14.7 Å². The Morgan fingerprint density at radius 3 is 2.42 bits per heavy atom. The van der Waals surface area contributed by atoms with Gasteiger partial charge in [-0.15, -0.1) is 0 Å². The van der Waals surface area contributed by atoms with Crippen molar-refractivity contribution in [3.8, 4) is 0 Å². The van der Waals surface area contributed by atoms with Crippen LogP contribution in [0.15, 0.2) is 12.4 Å². The molecular formula is C12H20N4O3. The predicted octanol–water partition coefficient (Wildman–Crippen LogP) is 1.27. The second-order valence-corrected chi connectivity index (χ2v) is 5.51. The van der Waals surface area contributed by atoms with Gasteiger partial charge in [-0.1, -0.05) is 20.8 Å². The summed E-state index contributed by atoms with van der Waals surface area (Å²) in [5.74, 6) is -1.06. The lowest BCUT2D eigenvalue weighted by molar-refractivity contribution is -0.141. The smallest absolute Gasteiger partial charge is 0.326 e.